The maximum Gasteiger partial charge on any atom is 0.241 e. The molecule has 9 heteroatoms. The fourth-order valence-electron chi connectivity index (χ4n) is 2.77. The number of halogens is 1. The maximum atomic E-state index is 12.6. The van der Waals surface area contributed by atoms with Crippen LogP contribution in [-0.4, -0.2) is 21.6 Å². The minimum Gasteiger partial charge on any atom is -0.463 e. The van der Waals surface area contributed by atoms with Crippen molar-refractivity contribution in [2.75, 3.05) is 4.90 Å². The number of hydrogen-bond donors (Lipinski definition) is 0. The smallest absolute Gasteiger partial charge is 0.241 e. The van der Waals surface area contributed by atoms with E-state index in [1.807, 2.05) is 0 Å². The van der Waals surface area contributed by atoms with E-state index in [0.717, 1.165) is 11.8 Å². The Labute approximate surface area is 179 Å². The fraction of sp³-hybridized carbons (Fsp3) is 0.0500. The number of carbonyl (C=O) groups excluding carboxylic acids is 2. The number of amides is 1. The van der Waals surface area contributed by atoms with Gasteiger partial charge in [0.2, 0.25) is 16.5 Å². The van der Waals surface area contributed by atoms with Crippen LogP contribution in [0.2, 0.25) is 5.02 Å². The number of anilines is 1. The number of fused-ring (bicyclic) bond motifs is 1. The number of rotatable bonds is 3. The topological polar surface area (TPSA) is 80.0 Å². The van der Waals surface area contributed by atoms with Crippen LogP contribution in [0.25, 0.3) is 11.0 Å². The summed E-state index contributed by atoms with van der Waals surface area (Å²) in [5.41, 5.74) is 1.61. The summed E-state index contributed by atoms with van der Waals surface area (Å²) in [4.78, 5) is 41.7. The minimum atomic E-state index is -0.359. The highest BCUT2D eigenvalue weighted by molar-refractivity contribution is 8.33. The zero-order valence-electron chi connectivity index (χ0n) is 14.6. The standard InChI is InChI=1S/C20H11ClN2O4S2/c21-12-1-6-16-15(7-12)19(26)11(10-27-16)9-22-13-2-4-14(5-3-13)23-17(24)8-18(25)29-20(23)28/h1-7,9-10H,8H2. The van der Waals surface area contributed by atoms with E-state index in [1.165, 1.54) is 17.4 Å². The number of hydrogen-bond acceptors (Lipinski definition) is 7. The van der Waals surface area contributed by atoms with E-state index < -0.39 is 0 Å². The zero-order valence-corrected chi connectivity index (χ0v) is 17.0. The normalized spacial score (nSPS) is 14.9. The molecule has 29 heavy (non-hydrogen) atoms. The van der Waals surface area contributed by atoms with Crippen LogP contribution < -0.4 is 10.3 Å². The molecular weight excluding hydrogens is 432 g/mol. The van der Waals surface area contributed by atoms with Crippen LogP contribution in [-0.2, 0) is 9.59 Å². The number of nitrogens with zero attached hydrogens (tertiary/aromatic N) is 2. The lowest BCUT2D eigenvalue weighted by atomic mass is 10.2. The quantitative estimate of drug-likeness (QED) is 0.338. The molecule has 3 aromatic rings. The van der Waals surface area contributed by atoms with Crippen molar-refractivity contribution in [3.05, 3.63) is 69.5 Å². The summed E-state index contributed by atoms with van der Waals surface area (Å²) in [6, 6.07) is 11.6. The van der Waals surface area contributed by atoms with Crippen molar-refractivity contribution in [3.8, 4) is 0 Å². The summed E-state index contributed by atoms with van der Waals surface area (Å²) >= 11 is 12.0. The van der Waals surface area contributed by atoms with Gasteiger partial charge in [-0.05, 0) is 54.2 Å². The molecule has 1 saturated heterocycles. The highest BCUT2D eigenvalue weighted by Crippen LogP contribution is 2.28. The Hall–Kier alpha value is -2.81. The molecule has 4 rings (SSSR count). The first-order chi connectivity index (χ1) is 13.9. The van der Waals surface area contributed by atoms with Crippen LogP contribution in [0, 0.1) is 0 Å². The van der Waals surface area contributed by atoms with Crippen molar-refractivity contribution in [3.63, 3.8) is 0 Å². The van der Waals surface area contributed by atoms with Crippen LogP contribution in [0.1, 0.15) is 12.0 Å². The maximum absolute atomic E-state index is 12.6. The fourth-order valence-corrected chi connectivity index (χ4v) is 4.12. The Morgan fingerprint density at radius 1 is 1.14 bits per heavy atom. The van der Waals surface area contributed by atoms with Crippen molar-refractivity contribution < 1.29 is 14.0 Å². The molecule has 1 aliphatic rings. The lowest BCUT2D eigenvalue weighted by molar-refractivity contribution is -0.122. The van der Waals surface area contributed by atoms with Gasteiger partial charge in [-0.15, -0.1) is 0 Å². The molecule has 2 heterocycles. The summed E-state index contributed by atoms with van der Waals surface area (Å²) < 4.78 is 5.66. The molecule has 0 radical (unpaired) electrons. The van der Waals surface area contributed by atoms with Crippen molar-refractivity contribution in [1.82, 2.24) is 0 Å². The molecular formula is C20H11ClN2O4S2. The van der Waals surface area contributed by atoms with Gasteiger partial charge >= 0.3 is 0 Å². The number of benzene rings is 2. The van der Waals surface area contributed by atoms with Gasteiger partial charge < -0.3 is 4.42 Å². The third kappa shape index (κ3) is 4.00. The van der Waals surface area contributed by atoms with Gasteiger partial charge in [0.15, 0.2) is 4.32 Å². The Balaban J connectivity index is 1.59. The van der Waals surface area contributed by atoms with E-state index in [1.54, 1.807) is 42.5 Å². The molecule has 0 spiro atoms. The average Bonchev–Trinajstić information content (AvgIpc) is 2.68. The second-order valence-corrected chi connectivity index (χ2v) is 8.21. The molecule has 1 amide bonds. The Morgan fingerprint density at radius 2 is 1.90 bits per heavy atom. The summed E-state index contributed by atoms with van der Waals surface area (Å²) in [6.07, 6.45) is 2.56. The molecule has 1 aliphatic heterocycles. The van der Waals surface area contributed by atoms with Gasteiger partial charge in [-0.2, -0.15) is 0 Å². The van der Waals surface area contributed by atoms with Crippen LogP contribution in [0.15, 0.2) is 62.9 Å². The molecule has 0 bridgehead atoms. The van der Waals surface area contributed by atoms with Gasteiger partial charge in [0.05, 0.1) is 28.7 Å². The van der Waals surface area contributed by atoms with Gasteiger partial charge in [-0.1, -0.05) is 23.8 Å². The van der Waals surface area contributed by atoms with Crippen molar-refractivity contribution >= 4 is 79.5 Å². The first kappa shape index (κ1) is 19.5. The Morgan fingerprint density at radius 3 is 2.62 bits per heavy atom. The average molecular weight is 443 g/mol. The van der Waals surface area contributed by atoms with Gasteiger partial charge in [0.25, 0.3) is 0 Å². The van der Waals surface area contributed by atoms with E-state index >= 15 is 0 Å². The first-order valence-electron chi connectivity index (χ1n) is 8.35. The van der Waals surface area contributed by atoms with Gasteiger partial charge in [0, 0.05) is 11.2 Å². The molecule has 0 aliphatic carbocycles. The molecule has 6 nitrogen and oxygen atoms in total. The summed E-state index contributed by atoms with van der Waals surface area (Å²) in [5, 5.41) is 0.563. The van der Waals surface area contributed by atoms with Gasteiger partial charge in [-0.25, -0.2) is 0 Å². The highest BCUT2D eigenvalue weighted by Gasteiger charge is 2.30. The number of thiocarbonyl (C=S) groups is 1. The van der Waals surface area contributed by atoms with Crippen LogP contribution in [0.5, 0.6) is 0 Å². The van der Waals surface area contributed by atoms with Crippen LogP contribution in [0.3, 0.4) is 0 Å². The Kier molecular flexibility index (Phi) is 5.31. The van der Waals surface area contributed by atoms with Crippen molar-refractivity contribution in [2.24, 2.45) is 4.99 Å². The van der Waals surface area contributed by atoms with E-state index in [2.05, 4.69) is 4.99 Å². The SMILES string of the molecule is O=C1CC(=O)N(c2ccc(N=Cc3coc4ccc(Cl)cc4c3=O)cc2)C(=S)S1. The number of thioether (sulfide) groups is 1. The molecule has 2 aromatic carbocycles. The van der Waals surface area contributed by atoms with Crippen LogP contribution in [0.4, 0.5) is 11.4 Å². The highest BCUT2D eigenvalue weighted by atomic mass is 35.5. The van der Waals surface area contributed by atoms with Crippen LogP contribution >= 0.6 is 35.6 Å². The number of aliphatic imine (C=N–C) groups is 1. The third-order valence-corrected chi connectivity index (χ3v) is 5.55. The monoisotopic (exact) mass is 442 g/mol. The van der Waals surface area contributed by atoms with E-state index in [4.69, 9.17) is 28.2 Å². The molecule has 0 atom stereocenters. The van der Waals surface area contributed by atoms with Crippen molar-refractivity contribution in [2.45, 2.75) is 6.42 Å². The predicted molar refractivity (Wildman–Crippen MR) is 118 cm³/mol. The first-order valence-corrected chi connectivity index (χ1v) is 9.95. The minimum absolute atomic E-state index is 0.188. The zero-order chi connectivity index (χ0) is 20.5. The lowest BCUT2D eigenvalue weighted by Crippen LogP contribution is -2.39. The summed E-state index contributed by atoms with van der Waals surface area (Å²) in [5.74, 6) is -0.359. The molecule has 0 N–H and O–H groups in total. The predicted octanol–water partition coefficient (Wildman–Crippen LogP) is 4.48. The van der Waals surface area contributed by atoms with E-state index in [-0.39, 0.29) is 32.8 Å². The second-order valence-electron chi connectivity index (χ2n) is 6.08. The molecule has 0 unspecified atom stereocenters. The third-order valence-electron chi connectivity index (χ3n) is 4.15. The summed E-state index contributed by atoms with van der Waals surface area (Å²) in [7, 11) is 0. The van der Waals surface area contributed by atoms with Gasteiger partial charge in [-0.3, -0.25) is 24.3 Å². The van der Waals surface area contributed by atoms with E-state index in [0.29, 0.717) is 27.4 Å². The van der Waals surface area contributed by atoms with Crippen molar-refractivity contribution in [1.29, 1.82) is 0 Å². The molecule has 1 fully saturated rings. The lowest BCUT2D eigenvalue weighted by Gasteiger charge is -2.25. The summed E-state index contributed by atoms with van der Waals surface area (Å²) in [6.45, 7) is 0. The largest absolute Gasteiger partial charge is 0.463 e. The van der Waals surface area contributed by atoms with E-state index in [9.17, 15) is 14.4 Å². The molecule has 1 aromatic heterocycles. The molecule has 144 valence electrons. The molecule has 0 saturated carbocycles. The number of carbonyl (C=O) groups is 2. The second kappa shape index (κ2) is 7.90. The Bertz CT molecular complexity index is 1230. The van der Waals surface area contributed by atoms with Gasteiger partial charge in [0.1, 0.15) is 11.8 Å².